The number of hydrogen-bond donors (Lipinski definition) is 1. The van der Waals surface area contributed by atoms with E-state index in [-0.39, 0.29) is 0 Å². The molecule has 0 rings (SSSR count). The van der Waals surface area contributed by atoms with Crippen LogP contribution in [0.25, 0.3) is 0 Å². The lowest BCUT2D eigenvalue weighted by atomic mass is 9.86. The van der Waals surface area contributed by atoms with Gasteiger partial charge in [-0.2, -0.15) is 0 Å². The summed E-state index contributed by atoms with van der Waals surface area (Å²) in [7, 11) is 0. The van der Waals surface area contributed by atoms with Gasteiger partial charge in [0, 0.05) is 6.04 Å². The fraction of sp³-hybridized carbons (Fsp3) is 1.00. The van der Waals surface area contributed by atoms with Gasteiger partial charge in [0.2, 0.25) is 0 Å². The first-order chi connectivity index (χ1) is 4.59. The first kappa shape index (κ1) is 9.96. The molecule has 0 amide bonds. The van der Waals surface area contributed by atoms with E-state index in [9.17, 15) is 0 Å². The van der Waals surface area contributed by atoms with Crippen molar-refractivity contribution in [3.63, 3.8) is 0 Å². The molecule has 0 saturated heterocycles. The van der Waals surface area contributed by atoms with Gasteiger partial charge in [0.15, 0.2) is 0 Å². The Labute approximate surface area is 65.0 Å². The first-order valence-electron chi connectivity index (χ1n) is 4.35. The molecule has 62 valence electrons. The van der Waals surface area contributed by atoms with E-state index >= 15 is 0 Å². The van der Waals surface area contributed by atoms with E-state index in [2.05, 4.69) is 27.7 Å². The largest absolute Gasteiger partial charge is 0.328 e. The number of rotatable bonds is 4. The molecule has 0 aliphatic heterocycles. The van der Waals surface area contributed by atoms with E-state index in [0.29, 0.717) is 12.0 Å². The average Bonchev–Trinajstić information content (AvgIpc) is 1.81. The second-order valence-corrected chi connectivity index (χ2v) is 3.56. The summed E-state index contributed by atoms with van der Waals surface area (Å²) < 4.78 is 0. The van der Waals surface area contributed by atoms with Crippen molar-refractivity contribution < 1.29 is 0 Å². The summed E-state index contributed by atoms with van der Waals surface area (Å²) in [6, 6.07) is 0.361. The van der Waals surface area contributed by atoms with Crippen molar-refractivity contribution in [2.75, 3.05) is 0 Å². The quantitative estimate of drug-likeness (QED) is 0.642. The van der Waals surface area contributed by atoms with Crippen molar-refractivity contribution in [2.45, 2.75) is 46.6 Å². The summed E-state index contributed by atoms with van der Waals surface area (Å²) >= 11 is 0. The molecule has 10 heavy (non-hydrogen) atoms. The Bertz CT molecular complexity index is 68.8. The molecule has 1 nitrogen and oxygen atoms in total. The van der Waals surface area contributed by atoms with Gasteiger partial charge in [-0.25, -0.2) is 0 Å². The smallest absolute Gasteiger partial charge is 0.00412 e. The molecule has 2 atom stereocenters. The summed E-state index contributed by atoms with van der Waals surface area (Å²) in [6.07, 6.45) is 2.53. The molecule has 0 aromatic heterocycles. The topological polar surface area (TPSA) is 26.0 Å². The Hall–Kier alpha value is -0.0400. The Kier molecular flexibility index (Phi) is 4.71. The molecule has 1 unspecified atom stereocenters. The van der Waals surface area contributed by atoms with Gasteiger partial charge in [-0.1, -0.05) is 27.2 Å². The van der Waals surface area contributed by atoms with Crippen LogP contribution >= 0.6 is 0 Å². The molecule has 0 radical (unpaired) electrons. The molecule has 0 fully saturated rings. The zero-order valence-electron chi connectivity index (χ0n) is 7.72. The molecular formula is C9H21N. The second-order valence-electron chi connectivity index (χ2n) is 3.56. The van der Waals surface area contributed by atoms with E-state index in [1.165, 1.54) is 12.8 Å². The van der Waals surface area contributed by atoms with Gasteiger partial charge >= 0.3 is 0 Å². The van der Waals surface area contributed by atoms with Gasteiger partial charge in [-0.05, 0) is 25.2 Å². The molecule has 0 aliphatic rings. The summed E-state index contributed by atoms with van der Waals surface area (Å²) in [6.45, 7) is 8.84. The molecule has 0 aromatic rings. The summed E-state index contributed by atoms with van der Waals surface area (Å²) in [5.74, 6) is 1.45. The van der Waals surface area contributed by atoms with E-state index in [1.807, 2.05) is 0 Å². The van der Waals surface area contributed by atoms with Crippen LogP contribution < -0.4 is 5.73 Å². The highest BCUT2D eigenvalue weighted by Crippen LogP contribution is 2.19. The van der Waals surface area contributed by atoms with Crippen LogP contribution in [-0.4, -0.2) is 6.04 Å². The highest BCUT2D eigenvalue weighted by Gasteiger charge is 2.15. The maximum absolute atomic E-state index is 5.82. The van der Waals surface area contributed by atoms with Crippen molar-refractivity contribution >= 4 is 0 Å². The monoisotopic (exact) mass is 143 g/mol. The Morgan fingerprint density at radius 3 is 1.80 bits per heavy atom. The third kappa shape index (κ3) is 3.21. The standard InChI is InChI=1S/C9H21N/c1-5-6-9(7(2)3)8(4)10/h7-9H,5-6,10H2,1-4H3/t8-,9?/m0/s1. The summed E-state index contributed by atoms with van der Waals surface area (Å²) in [4.78, 5) is 0. The summed E-state index contributed by atoms with van der Waals surface area (Å²) in [5, 5.41) is 0. The van der Waals surface area contributed by atoms with Crippen LogP contribution in [0, 0.1) is 11.8 Å². The summed E-state index contributed by atoms with van der Waals surface area (Å²) in [5.41, 5.74) is 5.82. The average molecular weight is 143 g/mol. The predicted molar refractivity (Wildman–Crippen MR) is 46.9 cm³/mol. The number of nitrogens with two attached hydrogens (primary N) is 1. The van der Waals surface area contributed by atoms with E-state index in [1.54, 1.807) is 0 Å². The Morgan fingerprint density at radius 1 is 1.20 bits per heavy atom. The normalized spacial score (nSPS) is 17.4. The third-order valence-electron chi connectivity index (χ3n) is 2.15. The third-order valence-corrected chi connectivity index (χ3v) is 2.15. The van der Waals surface area contributed by atoms with E-state index in [4.69, 9.17) is 5.73 Å². The van der Waals surface area contributed by atoms with Crippen molar-refractivity contribution in [3.8, 4) is 0 Å². The molecule has 2 N–H and O–H groups in total. The van der Waals surface area contributed by atoms with Crippen molar-refractivity contribution in [3.05, 3.63) is 0 Å². The lowest BCUT2D eigenvalue weighted by Crippen LogP contribution is -2.30. The minimum Gasteiger partial charge on any atom is -0.328 e. The van der Waals surface area contributed by atoms with Crippen molar-refractivity contribution in [2.24, 2.45) is 17.6 Å². The number of hydrogen-bond acceptors (Lipinski definition) is 1. The van der Waals surface area contributed by atoms with Gasteiger partial charge in [-0.15, -0.1) is 0 Å². The van der Waals surface area contributed by atoms with Crippen molar-refractivity contribution in [1.29, 1.82) is 0 Å². The highest BCUT2D eigenvalue weighted by molar-refractivity contribution is 4.70. The van der Waals surface area contributed by atoms with Crippen LogP contribution in [-0.2, 0) is 0 Å². The molecule has 0 saturated carbocycles. The lowest BCUT2D eigenvalue weighted by molar-refractivity contribution is 0.308. The van der Waals surface area contributed by atoms with Gasteiger partial charge < -0.3 is 5.73 Å². The maximum Gasteiger partial charge on any atom is 0.00412 e. The molecule has 0 bridgehead atoms. The van der Waals surface area contributed by atoms with Crippen LogP contribution in [0.1, 0.15) is 40.5 Å². The van der Waals surface area contributed by atoms with Crippen LogP contribution in [0.2, 0.25) is 0 Å². The SMILES string of the molecule is CCCC(C(C)C)[C@H](C)N. The Morgan fingerprint density at radius 2 is 1.70 bits per heavy atom. The van der Waals surface area contributed by atoms with Crippen LogP contribution in [0.15, 0.2) is 0 Å². The molecule has 0 aromatic carbocycles. The minimum absolute atomic E-state index is 0.361. The fourth-order valence-electron chi connectivity index (χ4n) is 1.54. The molecule has 1 heteroatoms. The van der Waals surface area contributed by atoms with Gasteiger partial charge in [0.25, 0.3) is 0 Å². The van der Waals surface area contributed by atoms with Gasteiger partial charge in [-0.3, -0.25) is 0 Å². The zero-order chi connectivity index (χ0) is 8.15. The van der Waals surface area contributed by atoms with E-state index < -0.39 is 0 Å². The van der Waals surface area contributed by atoms with Gasteiger partial charge in [0.05, 0.1) is 0 Å². The lowest BCUT2D eigenvalue weighted by Gasteiger charge is -2.23. The Balaban J connectivity index is 3.73. The molecule has 0 spiro atoms. The highest BCUT2D eigenvalue weighted by atomic mass is 14.6. The first-order valence-corrected chi connectivity index (χ1v) is 4.35. The van der Waals surface area contributed by atoms with Crippen LogP contribution in [0.5, 0.6) is 0 Å². The maximum atomic E-state index is 5.82. The second kappa shape index (κ2) is 4.73. The fourth-order valence-corrected chi connectivity index (χ4v) is 1.54. The van der Waals surface area contributed by atoms with Gasteiger partial charge in [0.1, 0.15) is 0 Å². The molecule has 0 heterocycles. The van der Waals surface area contributed by atoms with Crippen LogP contribution in [0.3, 0.4) is 0 Å². The minimum atomic E-state index is 0.361. The molecule has 0 aliphatic carbocycles. The van der Waals surface area contributed by atoms with E-state index in [0.717, 1.165) is 5.92 Å². The molecular weight excluding hydrogens is 122 g/mol. The predicted octanol–water partition coefficient (Wildman–Crippen LogP) is 2.41. The van der Waals surface area contributed by atoms with Crippen molar-refractivity contribution in [1.82, 2.24) is 0 Å². The zero-order valence-corrected chi connectivity index (χ0v) is 7.72. The van der Waals surface area contributed by atoms with Crippen LogP contribution in [0.4, 0.5) is 0 Å².